The predicted molar refractivity (Wildman–Crippen MR) is 53.4 cm³/mol. The molecule has 0 aliphatic heterocycles. The standard InChI is InChI=1S/C11H9F3N2/c12-11(13,14)9-3-1-2-8(6-9)10-7-15-4-5-16-10/h3-7H,1-2H2. The van der Waals surface area contributed by atoms with Gasteiger partial charge in [0.1, 0.15) is 0 Å². The topological polar surface area (TPSA) is 25.8 Å². The van der Waals surface area contributed by atoms with Crippen LogP contribution in [-0.4, -0.2) is 16.1 Å². The van der Waals surface area contributed by atoms with Crippen molar-refractivity contribution in [3.8, 4) is 0 Å². The summed E-state index contributed by atoms with van der Waals surface area (Å²) in [7, 11) is 0. The number of rotatable bonds is 1. The number of nitrogens with zero attached hydrogens (tertiary/aromatic N) is 2. The number of allylic oxidation sites excluding steroid dienone is 4. The van der Waals surface area contributed by atoms with E-state index in [2.05, 4.69) is 9.97 Å². The lowest BCUT2D eigenvalue weighted by atomic mass is 9.97. The summed E-state index contributed by atoms with van der Waals surface area (Å²) in [5, 5.41) is 0. The average Bonchev–Trinajstić information content (AvgIpc) is 2.29. The molecule has 0 saturated carbocycles. The van der Waals surface area contributed by atoms with Crippen molar-refractivity contribution in [2.45, 2.75) is 19.0 Å². The molecule has 0 unspecified atom stereocenters. The summed E-state index contributed by atoms with van der Waals surface area (Å²) in [6, 6.07) is 0. The van der Waals surface area contributed by atoms with Crippen LogP contribution in [0.15, 0.2) is 36.3 Å². The third-order valence-corrected chi connectivity index (χ3v) is 2.33. The van der Waals surface area contributed by atoms with Gasteiger partial charge in [0, 0.05) is 12.4 Å². The van der Waals surface area contributed by atoms with E-state index in [1.165, 1.54) is 24.7 Å². The Kier molecular flexibility index (Phi) is 2.77. The van der Waals surface area contributed by atoms with E-state index in [9.17, 15) is 13.2 Å². The monoisotopic (exact) mass is 226 g/mol. The Hall–Kier alpha value is -1.65. The van der Waals surface area contributed by atoms with Crippen molar-refractivity contribution in [3.05, 3.63) is 42.0 Å². The molecule has 2 rings (SSSR count). The third kappa shape index (κ3) is 2.29. The van der Waals surface area contributed by atoms with Gasteiger partial charge in [0.2, 0.25) is 0 Å². The highest BCUT2D eigenvalue weighted by Crippen LogP contribution is 2.34. The Balaban J connectivity index is 2.32. The molecule has 84 valence electrons. The SMILES string of the molecule is FC(F)(F)C1=CCCC(c2cnccn2)=C1. The molecule has 0 N–H and O–H groups in total. The van der Waals surface area contributed by atoms with Gasteiger partial charge in [-0.05, 0) is 24.5 Å². The summed E-state index contributed by atoms with van der Waals surface area (Å²) in [6.45, 7) is 0. The van der Waals surface area contributed by atoms with Crippen LogP contribution in [0.2, 0.25) is 0 Å². The quantitative estimate of drug-likeness (QED) is 0.735. The number of alkyl halides is 3. The molecule has 16 heavy (non-hydrogen) atoms. The van der Waals surface area contributed by atoms with Crippen molar-refractivity contribution < 1.29 is 13.2 Å². The molecular weight excluding hydrogens is 217 g/mol. The lowest BCUT2D eigenvalue weighted by molar-refractivity contribution is -0.0885. The molecular formula is C11H9F3N2. The van der Waals surface area contributed by atoms with Gasteiger partial charge in [-0.2, -0.15) is 13.2 Å². The molecule has 0 radical (unpaired) electrons. The minimum absolute atomic E-state index is 0.386. The zero-order valence-corrected chi connectivity index (χ0v) is 8.33. The van der Waals surface area contributed by atoms with E-state index in [1.54, 1.807) is 0 Å². The first-order chi connectivity index (χ1) is 7.57. The minimum Gasteiger partial charge on any atom is -0.261 e. The highest BCUT2D eigenvalue weighted by atomic mass is 19.4. The summed E-state index contributed by atoms with van der Waals surface area (Å²) in [6.07, 6.45) is 3.47. The highest BCUT2D eigenvalue weighted by molar-refractivity contribution is 5.67. The molecule has 0 atom stereocenters. The highest BCUT2D eigenvalue weighted by Gasteiger charge is 2.33. The Labute approximate surface area is 90.5 Å². The maximum Gasteiger partial charge on any atom is 0.416 e. The Morgan fingerprint density at radius 3 is 2.62 bits per heavy atom. The second kappa shape index (κ2) is 4.08. The van der Waals surface area contributed by atoms with E-state index < -0.39 is 11.7 Å². The Morgan fingerprint density at radius 1 is 1.19 bits per heavy atom. The first kappa shape index (κ1) is 10.9. The van der Waals surface area contributed by atoms with Crippen molar-refractivity contribution >= 4 is 5.57 Å². The maximum atomic E-state index is 12.5. The largest absolute Gasteiger partial charge is 0.416 e. The predicted octanol–water partition coefficient (Wildman–Crippen LogP) is 3.14. The summed E-state index contributed by atoms with van der Waals surface area (Å²) < 4.78 is 37.4. The second-order valence-corrected chi connectivity index (χ2v) is 3.46. The van der Waals surface area contributed by atoms with Gasteiger partial charge in [-0.25, -0.2) is 0 Å². The molecule has 1 aromatic rings. The lowest BCUT2D eigenvalue weighted by Gasteiger charge is -2.15. The molecule has 0 bridgehead atoms. The first-order valence-electron chi connectivity index (χ1n) is 4.81. The van der Waals surface area contributed by atoms with E-state index in [0.717, 1.165) is 6.08 Å². The fourth-order valence-electron chi connectivity index (χ4n) is 1.57. The molecule has 1 heterocycles. The van der Waals surface area contributed by atoms with Crippen LogP contribution in [0.1, 0.15) is 18.5 Å². The van der Waals surface area contributed by atoms with Gasteiger partial charge in [0.05, 0.1) is 17.5 Å². The van der Waals surface area contributed by atoms with Crippen LogP contribution in [-0.2, 0) is 0 Å². The molecule has 1 aliphatic carbocycles. The van der Waals surface area contributed by atoms with Crippen molar-refractivity contribution in [2.24, 2.45) is 0 Å². The van der Waals surface area contributed by atoms with Crippen molar-refractivity contribution in [3.63, 3.8) is 0 Å². The normalized spacial score (nSPS) is 16.7. The summed E-state index contributed by atoms with van der Waals surface area (Å²) in [5.74, 6) is 0. The van der Waals surface area contributed by atoms with Gasteiger partial charge in [-0.1, -0.05) is 6.08 Å². The lowest BCUT2D eigenvalue weighted by Crippen LogP contribution is -2.12. The van der Waals surface area contributed by atoms with Crippen LogP contribution in [0.25, 0.3) is 5.57 Å². The smallest absolute Gasteiger partial charge is 0.261 e. The van der Waals surface area contributed by atoms with Crippen molar-refractivity contribution in [1.82, 2.24) is 9.97 Å². The number of aromatic nitrogens is 2. The fraction of sp³-hybridized carbons (Fsp3) is 0.273. The minimum atomic E-state index is -4.28. The van der Waals surface area contributed by atoms with Crippen LogP contribution < -0.4 is 0 Å². The van der Waals surface area contributed by atoms with Gasteiger partial charge in [0.15, 0.2) is 0 Å². The van der Waals surface area contributed by atoms with Gasteiger partial charge >= 0.3 is 6.18 Å². The molecule has 1 aliphatic rings. The molecule has 0 spiro atoms. The summed E-state index contributed by atoms with van der Waals surface area (Å²) >= 11 is 0. The molecule has 0 saturated heterocycles. The van der Waals surface area contributed by atoms with Crippen LogP contribution >= 0.6 is 0 Å². The fourth-order valence-corrected chi connectivity index (χ4v) is 1.57. The van der Waals surface area contributed by atoms with Crippen molar-refractivity contribution in [1.29, 1.82) is 0 Å². The molecule has 0 aromatic carbocycles. The molecule has 0 amide bonds. The van der Waals surface area contributed by atoms with E-state index in [-0.39, 0.29) is 0 Å². The Bertz CT molecular complexity index is 432. The zero-order valence-electron chi connectivity index (χ0n) is 8.33. The van der Waals surface area contributed by atoms with E-state index in [1.807, 2.05) is 0 Å². The van der Waals surface area contributed by atoms with Crippen LogP contribution in [0.5, 0.6) is 0 Å². The third-order valence-electron chi connectivity index (χ3n) is 2.33. The molecule has 5 heteroatoms. The summed E-state index contributed by atoms with van der Waals surface area (Å²) in [5.41, 5.74) is 0.500. The van der Waals surface area contributed by atoms with Crippen LogP contribution in [0.4, 0.5) is 13.2 Å². The van der Waals surface area contributed by atoms with E-state index in [0.29, 0.717) is 24.1 Å². The first-order valence-corrected chi connectivity index (χ1v) is 4.81. The van der Waals surface area contributed by atoms with Gasteiger partial charge in [-0.3, -0.25) is 9.97 Å². The zero-order chi connectivity index (χ0) is 11.6. The molecule has 2 nitrogen and oxygen atoms in total. The number of hydrogen-bond acceptors (Lipinski definition) is 2. The number of hydrogen-bond donors (Lipinski definition) is 0. The summed E-state index contributed by atoms with van der Waals surface area (Å²) in [4.78, 5) is 7.84. The second-order valence-electron chi connectivity index (χ2n) is 3.46. The van der Waals surface area contributed by atoms with E-state index >= 15 is 0 Å². The Morgan fingerprint density at radius 2 is 2.00 bits per heavy atom. The molecule has 1 aromatic heterocycles. The van der Waals surface area contributed by atoms with Crippen LogP contribution in [0, 0.1) is 0 Å². The number of halogens is 3. The van der Waals surface area contributed by atoms with E-state index in [4.69, 9.17) is 0 Å². The van der Waals surface area contributed by atoms with Crippen LogP contribution in [0.3, 0.4) is 0 Å². The van der Waals surface area contributed by atoms with Crippen molar-refractivity contribution in [2.75, 3.05) is 0 Å². The van der Waals surface area contributed by atoms with Gasteiger partial charge in [0.25, 0.3) is 0 Å². The van der Waals surface area contributed by atoms with Gasteiger partial charge in [-0.15, -0.1) is 0 Å². The average molecular weight is 226 g/mol. The molecule has 0 fully saturated rings. The maximum absolute atomic E-state index is 12.5. The van der Waals surface area contributed by atoms with Gasteiger partial charge < -0.3 is 0 Å².